The Bertz CT molecular complexity index is 1110. The van der Waals surface area contributed by atoms with Gasteiger partial charge in [0.05, 0.1) is 15.0 Å². The molecule has 7 heteroatoms. The van der Waals surface area contributed by atoms with E-state index in [4.69, 9.17) is 27.6 Å². The summed E-state index contributed by atoms with van der Waals surface area (Å²) in [4.78, 5) is 26.5. The number of amides is 2. The van der Waals surface area contributed by atoms with Gasteiger partial charge in [-0.1, -0.05) is 53.5 Å². The minimum Gasteiger partial charge on any atom is -0.457 e. The SMILES string of the molecule is O=C1S/C(=C\c2ccc(-c3ccc(Cl)c(Cl)c3)o2)C(=O)N1CCc1ccccc1. The maximum Gasteiger partial charge on any atom is 0.293 e. The molecule has 2 heterocycles. The van der Waals surface area contributed by atoms with E-state index in [2.05, 4.69) is 0 Å². The monoisotopic (exact) mass is 443 g/mol. The normalized spacial score (nSPS) is 15.5. The Morgan fingerprint density at radius 3 is 2.52 bits per heavy atom. The lowest BCUT2D eigenvalue weighted by Gasteiger charge is -2.11. The van der Waals surface area contributed by atoms with Gasteiger partial charge in [0, 0.05) is 18.2 Å². The lowest BCUT2D eigenvalue weighted by molar-refractivity contribution is -0.122. The van der Waals surface area contributed by atoms with E-state index in [1.807, 2.05) is 30.3 Å². The van der Waals surface area contributed by atoms with E-state index in [9.17, 15) is 9.59 Å². The average Bonchev–Trinajstić information content (AvgIpc) is 3.28. The van der Waals surface area contributed by atoms with E-state index in [-0.39, 0.29) is 11.1 Å². The van der Waals surface area contributed by atoms with Gasteiger partial charge in [-0.3, -0.25) is 14.5 Å². The topological polar surface area (TPSA) is 50.5 Å². The summed E-state index contributed by atoms with van der Waals surface area (Å²) >= 11 is 12.9. The van der Waals surface area contributed by atoms with E-state index in [0.717, 1.165) is 22.9 Å². The number of imide groups is 1. The quantitative estimate of drug-likeness (QED) is 0.420. The second-order valence-corrected chi connectivity index (χ2v) is 8.21. The number of carbonyl (C=O) groups is 2. The van der Waals surface area contributed by atoms with Gasteiger partial charge >= 0.3 is 0 Å². The Morgan fingerprint density at radius 1 is 0.966 bits per heavy atom. The smallest absolute Gasteiger partial charge is 0.293 e. The van der Waals surface area contributed by atoms with Crippen LogP contribution in [0.5, 0.6) is 0 Å². The Morgan fingerprint density at radius 2 is 1.76 bits per heavy atom. The van der Waals surface area contributed by atoms with Crippen molar-refractivity contribution in [1.82, 2.24) is 4.90 Å². The molecule has 2 amide bonds. The zero-order valence-electron chi connectivity index (χ0n) is 15.1. The van der Waals surface area contributed by atoms with Gasteiger partial charge in [0.15, 0.2) is 0 Å². The van der Waals surface area contributed by atoms with Crippen molar-refractivity contribution in [1.29, 1.82) is 0 Å². The lowest BCUT2D eigenvalue weighted by atomic mass is 10.1. The third-order valence-electron chi connectivity index (χ3n) is 4.44. The number of hydrogen-bond acceptors (Lipinski definition) is 4. The molecule has 0 bridgehead atoms. The fraction of sp³-hybridized carbons (Fsp3) is 0.0909. The summed E-state index contributed by atoms with van der Waals surface area (Å²) in [5, 5.41) is 0.626. The molecule has 1 aliphatic heterocycles. The number of nitrogens with zero attached hydrogens (tertiary/aromatic N) is 1. The second kappa shape index (κ2) is 8.49. The molecule has 2 aromatic carbocycles. The maximum absolute atomic E-state index is 12.6. The molecule has 0 unspecified atom stereocenters. The molecular formula is C22H15Cl2NO3S. The number of hydrogen-bond donors (Lipinski definition) is 0. The van der Waals surface area contributed by atoms with Crippen LogP contribution in [-0.4, -0.2) is 22.6 Å². The van der Waals surface area contributed by atoms with Gasteiger partial charge in [-0.05, 0) is 54.1 Å². The minimum atomic E-state index is -0.302. The summed E-state index contributed by atoms with van der Waals surface area (Å²) in [6.45, 7) is 0.346. The molecule has 0 N–H and O–H groups in total. The Kier molecular flexibility index (Phi) is 5.81. The minimum absolute atomic E-state index is 0.270. The van der Waals surface area contributed by atoms with E-state index < -0.39 is 0 Å². The zero-order chi connectivity index (χ0) is 20.4. The van der Waals surface area contributed by atoms with Crippen molar-refractivity contribution >= 4 is 52.2 Å². The van der Waals surface area contributed by atoms with Gasteiger partial charge in [0.25, 0.3) is 11.1 Å². The number of rotatable bonds is 5. The highest BCUT2D eigenvalue weighted by atomic mass is 35.5. The van der Waals surface area contributed by atoms with Gasteiger partial charge in [0.2, 0.25) is 0 Å². The fourth-order valence-electron chi connectivity index (χ4n) is 2.94. The van der Waals surface area contributed by atoms with E-state index >= 15 is 0 Å². The molecule has 1 fully saturated rings. The third-order valence-corrected chi connectivity index (χ3v) is 6.09. The van der Waals surface area contributed by atoms with Crippen molar-refractivity contribution in [2.24, 2.45) is 0 Å². The summed E-state index contributed by atoms with van der Waals surface area (Å²) < 4.78 is 5.80. The van der Waals surface area contributed by atoms with E-state index in [0.29, 0.717) is 39.4 Å². The van der Waals surface area contributed by atoms with Crippen LogP contribution in [0.15, 0.2) is 70.0 Å². The van der Waals surface area contributed by atoms with Gasteiger partial charge < -0.3 is 4.42 Å². The van der Waals surface area contributed by atoms with Crippen LogP contribution in [-0.2, 0) is 11.2 Å². The largest absolute Gasteiger partial charge is 0.457 e. The average molecular weight is 444 g/mol. The number of thioether (sulfide) groups is 1. The standard InChI is InChI=1S/C22H15Cl2NO3S/c23-17-8-6-15(12-18(17)24)19-9-7-16(28-19)13-20-21(26)25(22(27)29-20)11-10-14-4-2-1-3-5-14/h1-9,12-13H,10-11H2/b20-13-. The molecular weight excluding hydrogens is 429 g/mol. The van der Waals surface area contributed by atoms with Gasteiger partial charge in [-0.15, -0.1) is 0 Å². The van der Waals surface area contributed by atoms with E-state index in [1.54, 1.807) is 36.4 Å². The zero-order valence-corrected chi connectivity index (χ0v) is 17.4. The van der Waals surface area contributed by atoms with Crippen molar-refractivity contribution in [2.75, 3.05) is 6.54 Å². The molecule has 0 spiro atoms. The lowest BCUT2D eigenvalue weighted by Crippen LogP contribution is -2.30. The van der Waals surface area contributed by atoms with Gasteiger partial charge in [-0.25, -0.2) is 0 Å². The highest BCUT2D eigenvalue weighted by molar-refractivity contribution is 8.18. The first-order chi connectivity index (χ1) is 14.0. The number of carbonyl (C=O) groups excluding carboxylic acids is 2. The first-order valence-corrected chi connectivity index (χ1v) is 10.4. The molecule has 1 aromatic heterocycles. The molecule has 0 radical (unpaired) electrons. The second-order valence-electron chi connectivity index (χ2n) is 6.40. The van der Waals surface area contributed by atoms with Crippen molar-refractivity contribution in [2.45, 2.75) is 6.42 Å². The molecule has 4 nitrogen and oxygen atoms in total. The highest BCUT2D eigenvalue weighted by Crippen LogP contribution is 2.34. The summed E-state index contributed by atoms with van der Waals surface area (Å²) in [6, 6.07) is 18.5. The molecule has 3 aromatic rings. The van der Waals surface area contributed by atoms with Crippen LogP contribution in [0.4, 0.5) is 4.79 Å². The molecule has 1 saturated heterocycles. The Labute approximate surface area is 182 Å². The molecule has 0 atom stereocenters. The molecule has 1 aliphatic rings. The Hall–Kier alpha value is -2.47. The molecule has 4 rings (SSSR count). The van der Waals surface area contributed by atoms with Crippen LogP contribution in [0.3, 0.4) is 0 Å². The molecule has 146 valence electrons. The number of halogens is 2. The Balaban J connectivity index is 1.48. The molecule has 29 heavy (non-hydrogen) atoms. The summed E-state index contributed by atoms with van der Waals surface area (Å²) in [7, 11) is 0. The highest BCUT2D eigenvalue weighted by Gasteiger charge is 2.34. The van der Waals surface area contributed by atoms with Crippen LogP contribution < -0.4 is 0 Å². The predicted octanol–water partition coefficient (Wildman–Crippen LogP) is 6.53. The van der Waals surface area contributed by atoms with Crippen LogP contribution in [0.25, 0.3) is 17.4 Å². The summed E-state index contributed by atoms with van der Waals surface area (Å²) in [5.74, 6) is 0.779. The van der Waals surface area contributed by atoms with Crippen molar-refractivity contribution in [3.05, 3.63) is 86.9 Å². The number of benzene rings is 2. The van der Waals surface area contributed by atoms with Crippen LogP contribution >= 0.6 is 35.0 Å². The van der Waals surface area contributed by atoms with Gasteiger partial charge in [-0.2, -0.15) is 0 Å². The first kappa shape index (κ1) is 19.8. The fourth-order valence-corrected chi connectivity index (χ4v) is 4.09. The molecule has 0 aliphatic carbocycles. The maximum atomic E-state index is 12.6. The van der Waals surface area contributed by atoms with Crippen LogP contribution in [0, 0.1) is 0 Å². The van der Waals surface area contributed by atoms with Crippen molar-refractivity contribution < 1.29 is 14.0 Å². The number of furan rings is 1. The summed E-state index contributed by atoms with van der Waals surface area (Å²) in [6.07, 6.45) is 2.21. The third kappa shape index (κ3) is 4.42. The van der Waals surface area contributed by atoms with Crippen LogP contribution in [0.2, 0.25) is 10.0 Å². The van der Waals surface area contributed by atoms with Gasteiger partial charge in [0.1, 0.15) is 11.5 Å². The van der Waals surface area contributed by atoms with Crippen molar-refractivity contribution in [3.63, 3.8) is 0 Å². The van der Waals surface area contributed by atoms with E-state index in [1.165, 1.54) is 4.90 Å². The van der Waals surface area contributed by atoms with Crippen molar-refractivity contribution in [3.8, 4) is 11.3 Å². The molecule has 0 saturated carbocycles. The predicted molar refractivity (Wildman–Crippen MR) is 117 cm³/mol. The first-order valence-electron chi connectivity index (χ1n) is 8.86. The summed E-state index contributed by atoms with van der Waals surface area (Å²) in [5.41, 5.74) is 1.85. The van der Waals surface area contributed by atoms with Crippen LogP contribution in [0.1, 0.15) is 11.3 Å².